The normalized spacial score (nSPS) is 11.8. The van der Waals surface area contributed by atoms with E-state index in [1.165, 1.54) is 17.0 Å². The second-order valence-electron chi connectivity index (χ2n) is 10.6. The molecule has 4 rings (SSSR count). The minimum Gasteiger partial charge on any atom is -0.497 e. The van der Waals surface area contributed by atoms with E-state index in [1.54, 1.807) is 61.7 Å². The van der Waals surface area contributed by atoms with Crippen LogP contribution in [-0.4, -0.2) is 51.4 Å². The van der Waals surface area contributed by atoms with Crippen molar-refractivity contribution < 1.29 is 22.7 Å². The molecule has 0 aromatic heterocycles. The zero-order chi connectivity index (χ0) is 32.4. The first-order chi connectivity index (χ1) is 21.6. The van der Waals surface area contributed by atoms with Crippen molar-refractivity contribution in [1.29, 1.82) is 0 Å². The first-order valence-corrected chi connectivity index (χ1v) is 16.5. The highest BCUT2D eigenvalue weighted by atomic mass is 35.5. The number of nitrogens with zero attached hydrogens (tertiary/aromatic N) is 2. The fourth-order valence-electron chi connectivity index (χ4n) is 4.89. The number of amides is 2. The minimum absolute atomic E-state index is 0.0155. The number of anilines is 1. The molecule has 8 nitrogen and oxygen atoms in total. The number of rotatable bonds is 14. The number of ether oxygens (including phenoxy) is 1. The van der Waals surface area contributed by atoms with Crippen molar-refractivity contribution >= 4 is 39.1 Å². The quantitative estimate of drug-likeness (QED) is 0.181. The molecule has 4 aromatic carbocycles. The molecular formula is C35H38ClN3O5S. The van der Waals surface area contributed by atoms with Gasteiger partial charge in [0.05, 0.1) is 22.7 Å². The number of methoxy groups -OCH3 is 1. The second-order valence-corrected chi connectivity index (χ2v) is 12.9. The van der Waals surface area contributed by atoms with E-state index in [0.717, 1.165) is 21.0 Å². The smallest absolute Gasteiger partial charge is 0.264 e. The Hall–Kier alpha value is -4.34. The summed E-state index contributed by atoms with van der Waals surface area (Å²) in [6.07, 6.45) is 0.936. The van der Waals surface area contributed by atoms with Gasteiger partial charge in [0.15, 0.2) is 0 Å². The molecule has 0 bridgehead atoms. The van der Waals surface area contributed by atoms with E-state index in [1.807, 2.05) is 50.2 Å². The first-order valence-electron chi connectivity index (χ1n) is 14.7. The van der Waals surface area contributed by atoms with Gasteiger partial charge in [0, 0.05) is 19.5 Å². The van der Waals surface area contributed by atoms with E-state index in [-0.39, 0.29) is 34.5 Å². The van der Waals surface area contributed by atoms with E-state index in [9.17, 15) is 18.0 Å². The predicted octanol–water partition coefficient (Wildman–Crippen LogP) is 6.02. The lowest BCUT2D eigenvalue weighted by Gasteiger charge is -2.34. The molecule has 0 heterocycles. The van der Waals surface area contributed by atoms with Gasteiger partial charge in [-0.1, -0.05) is 90.8 Å². The largest absolute Gasteiger partial charge is 0.497 e. The van der Waals surface area contributed by atoms with Crippen LogP contribution in [0.15, 0.2) is 108 Å². The maximum Gasteiger partial charge on any atom is 0.264 e. The van der Waals surface area contributed by atoms with Crippen LogP contribution in [0.2, 0.25) is 5.02 Å². The number of halogens is 1. The third kappa shape index (κ3) is 8.65. The fraction of sp³-hybridized carbons (Fsp3) is 0.257. The Morgan fingerprint density at radius 3 is 2.22 bits per heavy atom. The van der Waals surface area contributed by atoms with E-state index >= 15 is 0 Å². The number of sulfonamides is 1. The van der Waals surface area contributed by atoms with Gasteiger partial charge in [-0.25, -0.2) is 8.42 Å². The van der Waals surface area contributed by atoms with Gasteiger partial charge in [0.2, 0.25) is 11.8 Å². The summed E-state index contributed by atoms with van der Waals surface area (Å²) in [5, 5.41) is 3.11. The molecule has 0 aliphatic carbocycles. The summed E-state index contributed by atoms with van der Waals surface area (Å²) in [6, 6.07) is 28.6. The number of hydrogen-bond acceptors (Lipinski definition) is 5. The number of nitrogens with one attached hydrogen (secondary N) is 1. The maximum atomic E-state index is 14.5. The van der Waals surface area contributed by atoms with Crippen LogP contribution in [0.4, 0.5) is 5.69 Å². The standard InChI is InChI=1S/C35H38ClN3O5S/c1-4-21-37-35(41)33(23-27-11-6-5-7-12-27)38(24-28-13-10-14-29(22-28)44-3)34(40)25-39(32-16-9-8-15-31(32)36)45(42,43)30-19-17-26(2)18-20-30/h5-20,22,33H,4,21,23-25H2,1-3H3,(H,37,41)/t33-/m0/s1. The van der Waals surface area contributed by atoms with Gasteiger partial charge >= 0.3 is 0 Å². The number of aryl methyl sites for hydroxylation is 1. The van der Waals surface area contributed by atoms with Gasteiger partial charge in [-0.2, -0.15) is 0 Å². The molecule has 45 heavy (non-hydrogen) atoms. The minimum atomic E-state index is -4.24. The Labute approximate surface area is 270 Å². The number of benzene rings is 4. The van der Waals surface area contributed by atoms with Crippen molar-refractivity contribution in [3.63, 3.8) is 0 Å². The van der Waals surface area contributed by atoms with Crippen molar-refractivity contribution in [1.82, 2.24) is 10.2 Å². The van der Waals surface area contributed by atoms with Gasteiger partial charge in [0.1, 0.15) is 18.3 Å². The zero-order valence-corrected chi connectivity index (χ0v) is 27.2. The summed E-state index contributed by atoms with van der Waals surface area (Å²) >= 11 is 6.53. The predicted molar refractivity (Wildman–Crippen MR) is 178 cm³/mol. The molecule has 1 N–H and O–H groups in total. The van der Waals surface area contributed by atoms with E-state index in [4.69, 9.17) is 16.3 Å². The molecule has 10 heteroatoms. The highest BCUT2D eigenvalue weighted by Crippen LogP contribution is 2.31. The van der Waals surface area contributed by atoms with Crippen molar-refractivity contribution in [2.24, 2.45) is 0 Å². The third-order valence-corrected chi connectivity index (χ3v) is 9.41. The summed E-state index contributed by atoms with van der Waals surface area (Å²) < 4.78 is 34.7. The summed E-state index contributed by atoms with van der Waals surface area (Å²) in [6.45, 7) is 3.69. The topological polar surface area (TPSA) is 96.0 Å². The molecule has 0 fully saturated rings. The van der Waals surface area contributed by atoms with Crippen molar-refractivity contribution in [3.8, 4) is 5.75 Å². The summed E-state index contributed by atoms with van der Waals surface area (Å²) in [5.74, 6) is -0.307. The van der Waals surface area contributed by atoms with Crippen LogP contribution in [0.25, 0.3) is 0 Å². The molecule has 0 saturated heterocycles. The highest BCUT2D eigenvalue weighted by Gasteiger charge is 2.35. The van der Waals surface area contributed by atoms with Crippen molar-refractivity contribution in [2.75, 3.05) is 24.5 Å². The van der Waals surface area contributed by atoms with Gasteiger partial charge in [-0.15, -0.1) is 0 Å². The Morgan fingerprint density at radius 2 is 1.56 bits per heavy atom. The monoisotopic (exact) mass is 647 g/mol. The van der Waals surface area contributed by atoms with Gasteiger partial charge in [-0.3, -0.25) is 13.9 Å². The van der Waals surface area contributed by atoms with Crippen molar-refractivity contribution in [3.05, 3.63) is 125 Å². The van der Waals surface area contributed by atoms with Gasteiger partial charge < -0.3 is 15.0 Å². The molecule has 0 radical (unpaired) electrons. The molecule has 0 aliphatic heterocycles. The van der Waals surface area contributed by atoms with E-state index in [0.29, 0.717) is 18.7 Å². The number of carbonyl (C=O) groups is 2. The van der Waals surface area contributed by atoms with E-state index < -0.39 is 28.5 Å². The third-order valence-electron chi connectivity index (χ3n) is 7.32. The molecule has 0 spiro atoms. The van der Waals surface area contributed by atoms with Gasteiger partial charge in [0.25, 0.3) is 10.0 Å². The Balaban J connectivity index is 1.81. The summed E-state index contributed by atoms with van der Waals surface area (Å²) in [4.78, 5) is 29.7. The molecule has 236 valence electrons. The highest BCUT2D eigenvalue weighted by molar-refractivity contribution is 7.92. The molecule has 1 atom stereocenters. The Morgan fingerprint density at radius 1 is 0.889 bits per heavy atom. The maximum absolute atomic E-state index is 14.5. The lowest BCUT2D eigenvalue weighted by Crippen LogP contribution is -2.53. The average Bonchev–Trinajstić information content (AvgIpc) is 3.05. The van der Waals surface area contributed by atoms with Crippen LogP contribution >= 0.6 is 11.6 Å². The number of hydrogen-bond donors (Lipinski definition) is 1. The number of para-hydroxylation sites is 1. The lowest BCUT2D eigenvalue weighted by atomic mass is 10.0. The Kier molecular flexibility index (Phi) is 11.6. The molecule has 0 aliphatic rings. The molecule has 0 saturated carbocycles. The van der Waals surface area contributed by atoms with Crippen LogP contribution in [0, 0.1) is 6.92 Å². The number of carbonyl (C=O) groups excluding carboxylic acids is 2. The molecular weight excluding hydrogens is 610 g/mol. The Bertz CT molecular complexity index is 1700. The van der Waals surface area contributed by atoms with Gasteiger partial charge in [-0.05, 0) is 60.9 Å². The van der Waals surface area contributed by atoms with E-state index in [2.05, 4.69) is 5.32 Å². The first kappa shape index (κ1) is 33.6. The van der Waals surface area contributed by atoms with Crippen LogP contribution in [0.5, 0.6) is 5.75 Å². The molecule has 0 unspecified atom stereocenters. The second kappa shape index (κ2) is 15.6. The zero-order valence-electron chi connectivity index (χ0n) is 25.6. The molecule has 4 aromatic rings. The lowest BCUT2D eigenvalue weighted by molar-refractivity contribution is -0.140. The summed E-state index contributed by atoms with van der Waals surface area (Å²) in [7, 11) is -2.69. The SMILES string of the molecule is CCCNC(=O)[C@H](Cc1ccccc1)N(Cc1cccc(OC)c1)C(=O)CN(c1ccccc1Cl)S(=O)(=O)c1ccc(C)cc1. The molecule has 2 amide bonds. The fourth-order valence-corrected chi connectivity index (χ4v) is 6.61. The average molecular weight is 648 g/mol. The van der Waals surface area contributed by atoms with Crippen molar-refractivity contribution in [2.45, 2.75) is 44.2 Å². The van der Waals surface area contributed by atoms with Crippen LogP contribution < -0.4 is 14.4 Å². The van der Waals surface area contributed by atoms with Crippen LogP contribution in [0.3, 0.4) is 0 Å². The summed E-state index contributed by atoms with van der Waals surface area (Å²) in [5.41, 5.74) is 2.62. The van der Waals surface area contributed by atoms with Crippen LogP contribution in [-0.2, 0) is 32.6 Å². The van der Waals surface area contributed by atoms with Crippen LogP contribution in [0.1, 0.15) is 30.0 Å².